The number of primary amides is 1. The second-order valence-electron chi connectivity index (χ2n) is 6.74. The van der Waals surface area contributed by atoms with Gasteiger partial charge >= 0.3 is 0 Å². The highest BCUT2D eigenvalue weighted by Gasteiger charge is 2.21. The summed E-state index contributed by atoms with van der Waals surface area (Å²) in [4.78, 5) is 11.6. The maximum Gasteiger partial charge on any atom is 0.252 e. The zero-order chi connectivity index (χ0) is 21.5. The van der Waals surface area contributed by atoms with Crippen molar-refractivity contribution in [2.45, 2.75) is 16.5 Å². The molecule has 0 aliphatic carbocycles. The van der Waals surface area contributed by atoms with Crippen LogP contribution in [0.1, 0.15) is 27.3 Å². The van der Waals surface area contributed by atoms with Gasteiger partial charge in [-0.25, -0.2) is 8.42 Å². The highest BCUT2D eigenvalue weighted by atomic mass is 32.2. The monoisotopic (exact) mass is 443 g/mol. The summed E-state index contributed by atoms with van der Waals surface area (Å²) in [5.74, 6) is 0.216. The number of phenols is 1. The normalized spacial score (nSPS) is 13.6. The number of sulfone groups is 1. The van der Waals surface area contributed by atoms with Gasteiger partial charge in [-0.1, -0.05) is 30.0 Å². The number of thioether (sulfide) groups is 1. The first-order valence-corrected chi connectivity index (χ1v) is 11.7. The largest absolute Gasteiger partial charge is 0.507 e. The van der Waals surface area contributed by atoms with Gasteiger partial charge in [0, 0.05) is 24.0 Å². The first-order valence-electron chi connectivity index (χ1n) is 8.79. The van der Waals surface area contributed by atoms with E-state index in [-0.39, 0.29) is 16.2 Å². The van der Waals surface area contributed by atoms with E-state index in [4.69, 9.17) is 5.73 Å². The van der Waals surface area contributed by atoms with E-state index in [2.05, 4.69) is 15.3 Å². The number of nitrogens with zero attached hydrogens (tertiary/aromatic N) is 4. The van der Waals surface area contributed by atoms with Gasteiger partial charge in [0.05, 0.1) is 16.2 Å². The minimum atomic E-state index is -3.25. The summed E-state index contributed by atoms with van der Waals surface area (Å²) >= 11 is 1.45. The summed E-state index contributed by atoms with van der Waals surface area (Å²) in [5, 5.41) is 23.6. The Labute approximate surface area is 176 Å². The lowest BCUT2D eigenvalue weighted by atomic mass is 10.1. The molecule has 3 N–H and O–H groups in total. The quantitative estimate of drug-likeness (QED) is 0.608. The molecule has 0 saturated heterocycles. The molecule has 9 nitrogen and oxygen atoms in total. The molecule has 2 aromatic carbocycles. The molecule has 2 heterocycles. The number of nitrogens with two attached hydrogens (primary N) is 1. The Bertz CT molecular complexity index is 1280. The maximum absolute atomic E-state index is 11.6. The minimum Gasteiger partial charge on any atom is -0.507 e. The van der Waals surface area contributed by atoms with Gasteiger partial charge in [0.25, 0.3) is 5.91 Å². The first kappa shape index (κ1) is 20.1. The third-order valence-electron chi connectivity index (χ3n) is 4.55. The molecule has 0 spiro atoms. The molecule has 4 rings (SSSR count). The van der Waals surface area contributed by atoms with E-state index < -0.39 is 15.7 Å². The van der Waals surface area contributed by atoms with Crippen LogP contribution in [-0.4, -0.2) is 52.0 Å². The topological polar surface area (TPSA) is 141 Å². The van der Waals surface area contributed by atoms with Gasteiger partial charge in [0.1, 0.15) is 5.75 Å². The van der Waals surface area contributed by atoms with Gasteiger partial charge in [0.2, 0.25) is 5.16 Å². The second kappa shape index (κ2) is 7.58. The van der Waals surface area contributed by atoms with Crippen molar-refractivity contribution >= 4 is 33.2 Å². The van der Waals surface area contributed by atoms with Crippen LogP contribution in [0, 0.1) is 0 Å². The van der Waals surface area contributed by atoms with E-state index in [1.54, 1.807) is 35.0 Å². The van der Waals surface area contributed by atoms with Crippen LogP contribution in [0.15, 0.2) is 57.6 Å². The summed E-state index contributed by atoms with van der Waals surface area (Å²) in [5.41, 5.74) is 7.49. The number of amides is 1. The van der Waals surface area contributed by atoms with Gasteiger partial charge in [-0.2, -0.15) is 9.78 Å². The fourth-order valence-electron chi connectivity index (χ4n) is 2.98. The Balaban J connectivity index is 1.63. The molecule has 0 saturated carbocycles. The number of carbonyl (C=O) groups is 1. The lowest BCUT2D eigenvalue weighted by Gasteiger charge is -2.14. The number of carbonyl (C=O) groups excluding carboxylic acids is 1. The molecule has 0 bridgehead atoms. The smallest absolute Gasteiger partial charge is 0.252 e. The summed E-state index contributed by atoms with van der Waals surface area (Å²) in [6, 6.07) is 11.2. The number of rotatable bonds is 5. The molecule has 1 aliphatic rings. The first-order chi connectivity index (χ1) is 14.2. The van der Waals surface area contributed by atoms with E-state index in [1.165, 1.54) is 23.9 Å². The van der Waals surface area contributed by atoms with Crippen molar-refractivity contribution in [2.75, 3.05) is 12.0 Å². The third-order valence-corrected chi connectivity index (χ3v) is 6.60. The van der Waals surface area contributed by atoms with Crippen molar-refractivity contribution < 1.29 is 18.3 Å². The Morgan fingerprint density at radius 3 is 2.57 bits per heavy atom. The molecular formula is C19H17N5O4S2. The van der Waals surface area contributed by atoms with E-state index in [0.717, 1.165) is 11.8 Å². The molecule has 30 heavy (non-hydrogen) atoms. The van der Waals surface area contributed by atoms with Crippen molar-refractivity contribution in [2.24, 2.45) is 10.8 Å². The van der Waals surface area contributed by atoms with Crippen LogP contribution in [0.3, 0.4) is 0 Å². The molecule has 154 valence electrons. The van der Waals surface area contributed by atoms with Gasteiger partial charge < -0.3 is 10.8 Å². The van der Waals surface area contributed by atoms with E-state index in [1.807, 2.05) is 0 Å². The average molecular weight is 444 g/mol. The van der Waals surface area contributed by atoms with Gasteiger partial charge in [-0.15, -0.1) is 10.2 Å². The number of hydrogen-bond acceptors (Lipinski definition) is 8. The highest BCUT2D eigenvalue weighted by Crippen LogP contribution is 2.27. The maximum atomic E-state index is 11.6. The standard InChI is InChI=1S/C19H17N5O4S2/c1-30(27,28)13-5-2-11(3-6-13)8-17-21-22-19-24(17)23-15(10-29-19)12-4-7-14(18(20)26)16(25)9-12/h2-7,9,25H,8,10H2,1H3,(H2,20,26). The van der Waals surface area contributed by atoms with Crippen molar-refractivity contribution in [3.63, 3.8) is 0 Å². The van der Waals surface area contributed by atoms with Crippen molar-refractivity contribution in [3.05, 3.63) is 65.0 Å². The predicted molar refractivity (Wildman–Crippen MR) is 112 cm³/mol. The van der Waals surface area contributed by atoms with E-state index in [9.17, 15) is 18.3 Å². The molecule has 0 atom stereocenters. The number of hydrogen-bond donors (Lipinski definition) is 2. The number of benzene rings is 2. The predicted octanol–water partition coefficient (Wildman–Crippen LogP) is 1.44. The van der Waals surface area contributed by atoms with Gasteiger partial charge in [-0.3, -0.25) is 4.79 Å². The lowest BCUT2D eigenvalue weighted by molar-refractivity contribution is 0.0997. The zero-order valence-corrected chi connectivity index (χ0v) is 17.4. The van der Waals surface area contributed by atoms with Crippen molar-refractivity contribution in [1.29, 1.82) is 0 Å². The van der Waals surface area contributed by atoms with Crippen LogP contribution >= 0.6 is 11.8 Å². The van der Waals surface area contributed by atoms with Crippen LogP contribution in [0.2, 0.25) is 0 Å². The molecule has 0 fully saturated rings. The van der Waals surface area contributed by atoms with Crippen LogP contribution in [-0.2, 0) is 16.3 Å². The fourth-order valence-corrected chi connectivity index (χ4v) is 4.46. The summed E-state index contributed by atoms with van der Waals surface area (Å²) in [6.07, 6.45) is 1.58. The SMILES string of the molecule is CS(=O)(=O)c1ccc(Cc2nnc3n2N=C(c2ccc(C(N)=O)c(O)c2)CS3)cc1. The molecule has 11 heteroatoms. The van der Waals surface area contributed by atoms with Crippen molar-refractivity contribution in [3.8, 4) is 5.75 Å². The lowest BCUT2D eigenvalue weighted by Crippen LogP contribution is -2.16. The van der Waals surface area contributed by atoms with Gasteiger partial charge in [-0.05, 0) is 29.8 Å². The minimum absolute atomic E-state index is 0.0472. The Morgan fingerprint density at radius 1 is 1.20 bits per heavy atom. The third kappa shape index (κ3) is 3.94. The highest BCUT2D eigenvalue weighted by molar-refractivity contribution is 7.99. The molecule has 1 aromatic heterocycles. The van der Waals surface area contributed by atoms with E-state index >= 15 is 0 Å². The fraction of sp³-hybridized carbons (Fsp3) is 0.158. The Kier molecular flexibility index (Phi) is 5.08. The number of aromatic hydroxyl groups is 1. The van der Waals surface area contributed by atoms with Crippen LogP contribution in [0.5, 0.6) is 5.75 Å². The average Bonchev–Trinajstić information content (AvgIpc) is 3.09. The Hall–Kier alpha value is -3.18. The molecular weight excluding hydrogens is 426 g/mol. The second-order valence-corrected chi connectivity index (χ2v) is 9.69. The summed E-state index contributed by atoms with van der Waals surface area (Å²) in [7, 11) is -3.25. The van der Waals surface area contributed by atoms with Gasteiger partial charge in [0.15, 0.2) is 15.7 Å². The molecule has 0 radical (unpaired) electrons. The molecule has 3 aromatic rings. The zero-order valence-electron chi connectivity index (χ0n) is 15.8. The summed E-state index contributed by atoms with van der Waals surface area (Å²) in [6.45, 7) is 0. The van der Waals surface area contributed by atoms with E-state index in [0.29, 0.717) is 34.4 Å². The molecule has 1 aliphatic heterocycles. The Morgan fingerprint density at radius 2 is 1.93 bits per heavy atom. The van der Waals surface area contributed by atoms with Crippen LogP contribution < -0.4 is 5.73 Å². The van der Waals surface area contributed by atoms with Crippen molar-refractivity contribution in [1.82, 2.24) is 14.9 Å². The number of aromatic nitrogens is 3. The van der Waals surface area contributed by atoms with Crippen LogP contribution in [0.4, 0.5) is 0 Å². The molecule has 1 amide bonds. The number of fused-ring (bicyclic) bond motifs is 1. The summed E-state index contributed by atoms with van der Waals surface area (Å²) < 4.78 is 24.9. The van der Waals surface area contributed by atoms with Crippen LogP contribution in [0.25, 0.3) is 0 Å². The molecule has 0 unspecified atom stereocenters.